The molecule has 5 N–H and O–H groups in total. The van der Waals surface area contributed by atoms with Crippen LogP contribution in [-0.2, 0) is 4.74 Å². The quantitative estimate of drug-likeness (QED) is 0.511. The van der Waals surface area contributed by atoms with Crippen LogP contribution in [-0.4, -0.2) is 55.4 Å². The van der Waals surface area contributed by atoms with E-state index in [1.165, 1.54) is 6.33 Å². The van der Waals surface area contributed by atoms with E-state index in [0.717, 1.165) is 13.2 Å². The van der Waals surface area contributed by atoms with Gasteiger partial charge in [-0.15, -0.1) is 0 Å². The molecule has 2 heterocycles. The lowest BCUT2D eigenvalue weighted by molar-refractivity contribution is 0.0588. The lowest BCUT2D eigenvalue weighted by Gasteiger charge is -2.24. The second-order valence-corrected chi connectivity index (χ2v) is 5.29. The highest BCUT2D eigenvalue weighted by molar-refractivity contribution is 5.93. The zero-order chi connectivity index (χ0) is 16.9. The molecule has 24 heavy (non-hydrogen) atoms. The first-order valence-corrected chi connectivity index (χ1v) is 7.53. The number of nitrogens with one attached hydrogen (secondary N) is 1. The maximum atomic E-state index is 5.88. The van der Waals surface area contributed by atoms with Gasteiger partial charge in [0.05, 0.1) is 31.9 Å². The second kappa shape index (κ2) is 7.28. The Labute approximate surface area is 139 Å². The van der Waals surface area contributed by atoms with Crippen molar-refractivity contribution in [3.05, 3.63) is 18.5 Å². The molecule has 1 unspecified atom stereocenters. The van der Waals surface area contributed by atoms with Gasteiger partial charge in [-0.3, -0.25) is 0 Å². The Kier molecular flexibility index (Phi) is 4.92. The molecule has 9 heteroatoms. The lowest BCUT2D eigenvalue weighted by Crippen LogP contribution is -2.44. The van der Waals surface area contributed by atoms with Gasteiger partial charge >= 0.3 is 0 Å². The number of nitrogens with two attached hydrogens (primary N) is 2. The standard InChI is InChI=1S/C15H20N6O3/c1-22-12-4-10-11(19-8-20-14(10)21-15(16)17)5-13(12)24-7-9-6-23-3-2-18-9/h4-5,8-9,18H,2-3,6-7H2,1H3,(H4,16,17,19,20,21). The first-order valence-electron chi connectivity index (χ1n) is 7.53. The summed E-state index contributed by atoms with van der Waals surface area (Å²) in [7, 11) is 1.57. The monoisotopic (exact) mass is 332 g/mol. The summed E-state index contributed by atoms with van der Waals surface area (Å²) in [6.07, 6.45) is 1.40. The average Bonchev–Trinajstić information content (AvgIpc) is 2.60. The predicted molar refractivity (Wildman–Crippen MR) is 89.7 cm³/mol. The topological polar surface area (TPSA) is 130 Å². The Bertz CT molecular complexity index is 741. The van der Waals surface area contributed by atoms with Crippen molar-refractivity contribution < 1.29 is 14.2 Å². The van der Waals surface area contributed by atoms with Crippen LogP contribution in [0.3, 0.4) is 0 Å². The molecule has 0 amide bonds. The lowest BCUT2D eigenvalue weighted by atomic mass is 10.2. The normalized spacial score (nSPS) is 17.5. The van der Waals surface area contributed by atoms with Crippen LogP contribution < -0.4 is 26.3 Å². The number of methoxy groups -OCH3 is 1. The highest BCUT2D eigenvalue weighted by Crippen LogP contribution is 2.34. The number of benzene rings is 1. The molecule has 1 fully saturated rings. The third kappa shape index (κ3) is 3.63. The fraction of sp³-hybridized carbons (Fsp3) is 0.400. The minimum atomic E-state index is -0.0716. The van der Waals surface area contributed by atoms with Gasteiger partial charge in [0.1, 0.15) is 12.9 Å². The van der Waals surface area contributed by atoms with Crippen LogP contribution in [0.25, 0.3) is 10.9 Å². The summed E-state index contributed by atoms with van der Waals surface area (Å²) in [6, 6.07) is 3.68. The number of ether oxygens (including phenoxy) is 3. The van der Waals surface area contributed by atoms with Crippen molar-refractivity contribution in [3.8, 4) is 11.5 Å². The van der Waals surface area contributed by atoms with Gasteiger partial charge in [-0.1, -0.05) is 0 Å². The smallest absolute Gasteiger partial charge is 0.192 e. The summed E-state index contributed by atoms with van der Waals surface area (Å²) < 4.78 is 16.7. The van der Waals surface area contributed by atoms with E-state index in [1.807, 2.05) is 0 Å². The number of aromatic nitrogens is 2. The largest absolute Gasteiger partial charge is 0.493 e. The molecular formula is C15H20N6O3. The number of hydrogen-bond acceptors (Lipinski definition) is 7. The third-order valence-corrected chi connectivity index (χ3v) is 3.57. The number of morpholine rings is 1. The van der Waals surface area contributed by atoms with E-state index < -0.39 is 0 Å². The highest BCUT2D eigenvalue weighted by Gasteiger charge is 2.16. The van der Waals surface area contributed by atoms with Gasteiger partial charge in [0, 0.05) is 18.0 Å². The summed E-state index contributed by atoms with van der Waals surface area (Å²) in [5, 5.41) is 4.01. The minimum Gasteiger partial charge on any atom is -0.493 e. The molecule has 0 bridgehead atoms. The summed E-state index contributed by atoms with van der Waals surface area (Å²) in [6.45, 7) is 2.62. The molecular weight excluding hydrogens is 312 g/mol. The van der Waals surface area contributed by atoms with E-state index in [2.05, 4.69) is 20.3 Å². The van der Waals surface area contributed by atoms with E-state index in [9.17, 15) is 0 Å². The number of hydrogen-bond donors (Lipinski definition) is 3. The molecule has 1 aliphatic heterocycles. The molecule has 0 radical (unpaired) electrons. The number of nitrogens with zero attached hydrogens (tertiary/aromatic N) is 3. The molecule has 0 aliphatic carbocycles. The van der Waals surface area contributed by atoms with Gasteiger partial charge < -0.3 is 31.0 Å². The first-order chi connectivity index (χ1) is 11.7. The molecule has 3 rings (SSSR count). The van der Waals surface area contributed by atoms with Gasteiger partial charge in [-0.25, -0.2) is 9.97 Å². The molecule has 1 saturated heterocycles. The predicted octanol–water partition coefficient (Wildman–Crippen LogP) is -0.0895. The van der Waals surface area contributed by atoms with Crippen molar-refractivity contribution in [2.45, 2.75) is 6.04 Å². The van der Waals surface area contributed by atoms with Gasteiger partial charge in [0.2, 0.25) is 0 Å². The van der Waals surface area contributed by atoms with Gasteiger partial charge in [-0.05, 0) is 6.07 Å². The van der Waals surface area contributed by atoms with E-state index in [4.69, 9.17) is 25.7 Å². The Hall–Kier alpha value is -2.65. The maximum absolute atomic E-state index is 5.88. The maximum Gasteiger partial charge on any atom is 0.192 e. The molecule has 0 saturated carbocycles. The van der Waals surface area contributed by atoms with Crippen molar-refractivity contribution in [1.82, 2.24) is 15.3 Å². The zero-order valence-electron chi connectivity index (χ0n) is 13.4. The van der Waals surface area contributed by atoms with E-state index in [0.29, 0.717) is 41.4 Å². The molecule has 9 nitrogen and oxygen atoms in total. The fourth-order valence-corrected chi connectivity index (χ4v) is 2.45. The summed E-state index contributed by atoms with van der Waals surface area (Å²) in [5.74, 6) is 1.46. The first kappa shape index (κ1) is 16.2. The Morgan fingerprint density at radius 1 is 1.38 bits per heavy atom. The molecule has 1 aromatic carbocycles. The molecule has 2 aromatic rings. The van der Waals surface area contributed by atoms with E-state index in [1.54, 1.807) is 19.2 Å². The van der Waals surface area contributed by atoms with Gasteiger partial charge in [0.25, 0.3) is 0 Å². The van der Waals surface area contributed by atoms with Crippen LogP contribution in [0.4, 0.5) is 5.82 Å². The van der Waals surface area contributed by atoms with Crippen molar-refractivity contribution in [1.29, 1.82) is 0 Å². The molecule has 1 atom stereocenters. The Balaban J connectivity index is 1.89. The van der Waals surface area contributed by atoms with Crippen LogP contribution in [0.2, 0.25) is 0 Å². The van der Waals surface area contributed by atoms with Crippen molar-refractivity contribution >= 4 is 22.7 Å². The second-order valence-electron chi connectivity index (χ2n) is 5.29. The average molecular weight is 332 g/mol. The van der Waals surface area contributed by atoms with Crippen LogP contribution in [0.5, 0.6) is 11.5 Å². The molecule has 0 spiro atoms. The van der Waals surface area contributed by atoms with Gasteiger partial charge in [-0.2, -0.15) is 4.99 Å². The Morgan fingerprint density at radius 2 is 2.25 bits per heavy atom. The van der Waals surface area contributed by atoms with E-state index in [-0.39, 0.29) is 12.0 Å². The molecule has 1 aromatic heterocycles. The van der Waals surface area contributed by atoms with Crippen molar-refractivity contribution in [3.63, 3.8) is 0 Å². The van der Waals surface area contributed by atoms with Crippen molar-refractivity contribution in [2.24, 2.45) is 16.5 Å². The Morgan fingerprint density at radius 3 is 2.96 bits per heavy atom. The summed E-state index contributed by atoms with van der Waals surface area (Å²) >= 11 is 0. The van der Waals surface area contributed by atoms with Crippen LogP contribution in [0.15, 0.2) is 23.5 Å². The molecule has 1 aliphatic rings. The summed E-state index contributed by atoms with van der Waals surface area (Å²) in [5.41, 5.74) is 11.5. The van der Waals surface area contributed by atoms with Crippen LogP contribution >= 0.6 is 0 Å². The van der Waals surface area contributed by atoms with Crippen LogP contribution in [0, 0.1) is 0 Å². The number of fused-ring (bicyclic) bond motifs is 1. The van der Waals surface area contributed by atoms with Crippen molar-refractivity contribution in [2.75, 3.05) is 33.5 Å². The number of rotatable bonds is 5. The summed E-state index contributed by atoms with van der Waals surface area (Å²) in [4.78, 5) is 12.3. The molecule has 128 valence electrons. The zero-order valence-corrected chi connectivity index (χ0v) is 13.4. The van der Waals surface area contributed by atoms with Crippen LogP contribution in [0.1, 0.15) is 0 Å². The highest BCUT2D eigenvalue weighted by atomic mass is 16.5. The van der Waals surface area contributed by atoms with E-state index >= 15 is 0 Å². The third-order valence-electron chi connectivity index (χ3n) is 3.57. The number of aliphatic imine (C=N–C) groups is 1. The number of guanidine groups is 1. The van der Waals surface area contributed by atoms with Gasteiger partial charge in [0.15, 0.2) is 23.3 Å². The minimum absolute atomic E-state index is 0.0716. The SMILES string of the molecule is COc1cc2c(N=C(N)N)ncnc2cc1OCC1COCCN1. The fourth-order valence-electron chi connectivity index (χ4n) is 2.45.